The van der Waals surface area contributed by atoms with Gasteiger partial charge in [-0.25, -0.2) is 9.37 Å². The van der Waals surface area contributed by atoms with Gasteiger partial charge in [-0.1, -0.05) is 6.92 Å². The van der Waals surface area contributed by atoms with Gasteiger partial charge < -0.3 is 5.73 Å². The lowest BCUT2D eigenvalue weighted by molar-refractivity contribution is 0.166. The first kappa shape index (κ1) is 10.6. The van der Waals surface area contributed by atoms with Gasteiger partial charge in [-0.3, -0.25) is 0 Å². The summed E-state index contributed by atoms with van der Waals surface area (Å²) in [5, 5.41) is 2.88. The number of aromatic nitrogens is 1. The van der Waals surface area contributed by atoms with E-state index < -0.39 is 5.67 Å². The summed E-state index contributed by atoms with van der Waals surface area (Å²) in [7, 11) is 0. The lowest BCUT2D eigenvalue weighted by Gasteiger charge is -2.20. The Bertz CT molecular complexity index is 268. The molecule has 0 amide bonds. The van der Waals surface area contributed by atoms with Gasteiger partial charge in [-0.2, -0.15) is 0 Å². The molecule has 1 rings (SSSR count). The highest BCUT2D eigenvalue weighted by Crippen LogP contribution is 2.21. The van der Waals surface area contributed by atoms with Crippen LogP contribution in [-0.4, -0.2) is 17.2 Å². The third-order valence-corrected chi connectivity index (χ3v) is 2.99. The maximum absolute atomic E-state index is 13.8. The van der Waals surface area contributed by atoms with Crippen LogP contribution in [0.3, 0.4) is 0 Å². The van der Waals surface area contributed by atoms with E-state index in [0.29, 0.717) is 12.8 Å². The predicted octanol–water partition coefficient (Wildman–Crippen LogP) is 2.07. The molecule has 0 aliphatic carbocycles. The van der Waals surface area contributed by atoms with E-state index in [4.69, 9.17) is 5.73 Å². The van der Waals surface area contributed by atoms with Crippen molar-refractivity contribution in [3.05, 3.63) is 16.1 Å². The Morgan fingerprint density at radius 3 is 2.77 bits per heavy atom. The first-order valence-electron chi connectivity index (χ1n) is 4.39. The third-order valence-electron chi connectivity index (χ3n) is 2.16. The molecule has 0 saturated heterocycles. The van der Waals surface area contributed by atoms with Crippen LogP contribution < -0.4 is 5.73 Å². The second-order valence-electron chi connectivity index (χ2n) is 3.24. The van der Waals surface area contributed by atoms with Gasteiger partial charge in [0.25, 0.3) is 0 Å². The van der Waals surface area contributed by atoms with Crippen LogP contribution in [0.2, 0.25) is 0 Å². The average molecular weight is 202 g/mol. The molecule has 13 heavy (non-hydrogen) atoms. The van der Waals surface area contributed by atoms with Crippen molar-refractivity contribution in [2.75, 3.05) is 6.54 Å². The summed E-state index contributed by atoms with van der Waals surface area (Å²) >= 11 is 1.55. The van der Waals surface area contributed by atoms with E-state index in [1.807, 2.05) is 19.2 Å². The quantitative estimate of drug-likeness (QED) is 0.811. The second-order valence-corrected chi connectivity index (χ2v) is 4.31. The predicted molar refractivity (Wildman–Crippen MR) is 53.7 cm³/mol. The zero-order valence-electron chi connectivity index (χ0n) is 8.01. The summed E-state index contributed by atoms with van der Waals surface area (Å²) in [5.41, 5.74) is 4.91. The molecular formula is C9H15FN2S. The van der Waals surface area contributed by atoms with Gasteiger partial charge in [0.15, 0.2) is 0 Å². The third kappa shape index (κ3) is 2.74. The molecule has 1 unspecified atom stereocenters. The van der Waals surface area contributed by atoms with Crippen molar-refractivity contribution in [2.24, 2.45) is 5.73 Å². The molecule has 0 radical (unpaired) electrons. The minimum Gasteiger partial charge on any atom is -0.328 e. The fourth-order valence-corrected chi connectivity index (χ4v) is 1.77. The van der Waals surface area contributed by atoms with Gasteiger partial charge in [-0.05, 0) is 13.3 Å². The Morgan fingerprint density at radius 1 is 1.69 bits per heavy atom. The largest absolute Gasteiger partial charge is 0.328 e. The number of halogens is 1. The summed E-state index contributed by atoms with van der Waals surface area (Å²) in [6.45, 7) is 3.80. The Kier molecular flexibility index (Phi) is 3.39. The topological polar surface area (TPSA) is 38.9 Å². The highest BCUT2D eigenvalue weighted by Gasteiger charge is 2.26. The number of nitrogens with two attached hydrogens (primary N) is 1. The Labute approximate surface area is 82.0 Å². The average Bonchev–Trinajstić information content (AvgIpc) is 2.51. The van der Waals surface area contributed by atoms with Crippen LogP contribution in [0.5, 0.6) is 0 Å². The normalized spacial score (nSPS) is 15.7. The van der Waals surface area contributed by atoms with Crippen molar-refractivity contribution >= 4 is 11.3 Å². The van der Waals surface area contributed by atoms with E-state index in [1.54, 1.807) is 11.3 Å². The molecular weight excluding hydrogens is 187 g/mol. The highest BCUT2D eigenvalue weighted by atomic mass is 32.1. The molecule has 0 aliphatic heterocycles. The Hall–Kier alpha value is -0.480. The summed E-state index contributed by atoms with van der Waals surface area (Å²) in [5.74, 6) is 0. The number of nitrogens with zero attached hydrogens (tertiary/aromatic N) is 1. The van der Waals surface area contributed by atoms with Crippen molar-refractivity contribution in [3.63, 3.8) is 0 Å². The van der Waals surface area contributed by atoms with Crippen LogP contribution in [0.1, 0.15) is 24.0 Å². The van der Waals surface area contributed by atoms with E-state index in [2.05, 4.69) is 4.98 Å². The molecule has 0 aliphatic rings. The van der Waals surface area contributed by atoms with Gasteiger partial charge in [0, 0.05) is 18.3 Å². The van der Waals surface area contributed by atoms with Crippen molar-refractivity contribution in [3.8, 4) is 0 Å². The Morgan fingerprint density at radius 2 is 2.38 bits per heavy atom. The van der Waals surface area contributed by atoms with Crippen molar-refractivity contribution in [1.82, 2.24) is 4.98 Å². The van der Waals surface area contributed by atoms with Crippen molar-refractivity contribution in [1.29, 1.82) is 0 Å². The van der Waals surface area contributed by atoms with Crippen LogP contribution in [0.25, 0.3) is 0 Å². The van der Waals surface area contributed by atoms with Gasteiger partial charge in [0.2, 0.25) is 0 Å². The maximum Gasteiger partial charge on any atom is 0.128 e. The first-order chi connectivity index (χ1) is 6.09. The zero-order chi connectivity index (χ0) is 9.90. The van der Waals surface area contributed by atoms with Gasteiger partial charge in [0.1, 0.15) is 5.67 Å². The Balaban J connectivity index is 2.67. The SMILES string of the molecule is CCC(F)(CN)Cc1csc(C)n1. The lowest BCUT2D eigenvalue weighted by atomic mass is 9.97. The molecule has 2 N–H and O–H groups in total. The number of hydrogen-bond donors (Lipinski definition) is 1. The van der Waals surface area contributed by atoms with Crippen LogP contribution in [-0.2, 0) is 6.42 Å². The molecule has 0 fully saturated rings. The fourth-order valence-electron chi connectivity index (χ4n) is 1.16. The lowest BCUT2D eigenvalue weighted by Crippen LogP contribution is -2.34. The van der Waals surface area contributed by atoms with Crippen LogP contribution in [0, 0.1) is 6.92 Å². The molecule has 1 aromatic rings. The molecule has 1 heterocycles. The van der Waals surface area contributed by atoms with Gasteiger partial charge in [0.05, 0.1) is 10.7 Å². The van der Waals surface area contributed by atoms with E-state index in [9.17, 15) is 4.39 Å². The molecule has 0 spiro atoms. The van der Waals surface area contributed by atoms with Crippen LogP contribution in [0.4, 0.5) is 4.39 Å². The van der Waals surface area contributed by atoms with Crippen LogP contribution >= 0.6 is 11.3 Å². The molecule has 1 atom stereocenters. The molecule has 0 bridgehead atoms. The zero-order valence-corrected chi connectivity index (χ0v) is 8.83. The first-order valence-corrected chi connectivity index (χ1v) is 5.27. The van der Waals surface area contributed by atoms with Crippen molar-refractivity contribution in [2.45, 2.75) is 32.4 Å². The van der Waals surface area contributed by atoms with Crippen LogP contribution in [0.15, 0.2) is 5.38 Å². The van der Waals surface area contributed by atoms with Crippen molar-refractivity contribution < 1.29 is 4.39 Å². The monoisotopic (exact) mass is 202 g/mol. The van der Waals surface area contributed by atoms with Gasteiger partial charge in [-0.15, -0.1) is 11.3 Å². The summed E-state index contributed by atoms with van der Waals surface area (Å²) in [4.78, 5) is 4.21. The molecule has 4 heteroatoms. The van der Waals surface area contributed by atoms with E-state index in [-0.39, 0.29) is 6.54 Å². The van der Waals surface area contributed by atoms with Gasteiger partial charge >= 0.3 is 0 Å². The number of aryl methyl sites for hydroxylation is 1. The summed E-state index contributed by atoms with van der Waals surface area (Å²) in [6.07, 6.45) is 0.782. The number of hydrogen-bond acceptors (Lipinski definition) is 3. The fraction of sp³-hybridized carbons (Fsp3) is 0.667. The maximum atomic E-state index is 13.8. The molecule has 1 aromatic heterocycles. The van der Waals surface area contributed by atoms with E-state index >= 15 is 0 Å². The minimum absolute atomic E-state index is 0.0695. The van der Waals surface area contributed by atoms with E-state index in [1.165, 1.54) is 0 Å². The number of thiazole rings is 1. The molecule has 0 aromatic carbocycles. The highest BCUT2D eigenvalue weighted by molar-refractivity contribution is 7.09. The summed E-state index contributed by atoms with van der Waals surface area (Å²) < 4.78 is 13.8. The second kappa shape index (κ2) is 4.15. The molecule has 74 valence electrons. The summed E-state index contributed by atoms with van der Waals surface area (Å²) in [6, 6.07) is 0. The smallest absolute Gasteiger partial charge is 0.128 e. The molecule has 0 saturated carbocycles. The minimum atomic E-state index is -1.28. The number of alkyl halides is 1. The van der Waals surface area contributed by atoms with E-state index in [0.717, 1.165) is 10.7 Å². The number of rotatable bonds is 4. The molecule has 2 nitrogen and oxygen atoms in total. The standard InChI is InChI=1S/C9H15FN2S/c1-3-9(10,6-11)4-8-5-13-7(2)12-8/h5H,3-4,6,11H2,1-2H3.